The molecule has 5 nitrogen and oxygen atoms in total. The van der Waals surface area contributed by atoms with Crippen LogP contribution in [0, 0.1) is 6.92 Å². The lowest BCUT2D eigenvalue weighted by molar-refractivity contribution is 0.0867. The molecular weight excluding hydrogens is 394 g/mol. The summed E-state index contributed by atoms with van der Waals surface area (Å²) < 4.78 is 46.7. The average molecular weight is 424 g/mol. The zero-order chi connectivity index (χ0) is 21.2. The van der Waals surface area contributed by atoms with Crippen molar-refractivity contribution < 1.29 is 16.8 Å². The molecule has 0 unspecified atom stereocenters. The van der Waals surface area contributed by atoms with Gasteiger partial charge in [0, 0.05) is 0 Å². The molecule has 0 saturated heterocycles. The topological polar surface area (TPSA) is 72.5 Å². The van der Waals surface area contributed by atoms with Gasteiger partial charge < -0.3 is 0 Å². The molecule has 0 heterocycles. The largest absolute Gasteiger partial charge is 0.282 e. The first-order chi connectivity index (χ1) is 12.8. The maximum atomic E-state index is 13.0. The number of aryl methyl sites for hydroxylation is 1. The maximum absolute atomic E-state index is 13.0. The number of hydrogen-bond donors (Lipinski definition) is 1. The van der Waals surface area contributed by atoms with Crippen LogP contribution in [0.2, 0.25) is 0 Å². The van der Waals surface area contributed by atoms with E-state index in [4.69, 9.17) is 4.18 Å². The SMILES string of the molecule is Cc1ccc(S(=O)(=O)N[C@H](c2ccccc2)C(C)(C)O[S@](=O)C(C)(C)C)cc1. The van der Waals surface area contributed by atoms with E-state index in [-0.39, 0.29) is 4.90 Å². The van der Waals surface area contributed by atoms with Crippen molar-refractivity contribution in [1.82, 2.24) is 4.72 Å². The van der Waals surface area contributed by atoms with Crippen molar-refractivity contribution in [2.24, 2.45) is 0 Å². The molecule has 0 aliphatic carbocycles. The van der Waals surface area contributed by atoms with Gasteiger partial charge in [-0.05, 0) is 59.2 Å². The fourth-order valence-corrected chi connectivity index (χ4v) is 4.66. The third-order valence-corrected chi connectivity index (χ3v) is 7.24. The predicted molar refractivity (Wildman–Crippen MR) is 114 cm³/mol. The zero-order valence-electron chi connectivity index (χ0n) is 17.2. The average Bonchev–Trinajstić information content (AvgIpc) is 2.59. The summed E-state index contributed by atoms with van der Waals surface area (Å²) in [5.41, 5.74) is 0.647. The normalized spacial score (nSPS) is 15.2. The van der Waals surface area contributed by atoms with E-state index in [2.05, 4.69) is 4.72 Å². The summed E-state index contributed by atoms with van der Waals surface area (Å²) in [5.74, 6) is 0. The van der Waals surface area contributed by atoms with Crippen LogP contribution in [0.1, 0.15) is 51.8 Å². The van der Waals surface area contributed by atoms with Gasteiger partial charge in [-0.15, -0.1) is 0 Å². The van der Waals surface area contributed by atoms with Gasteiger partial charge >= 0.3 is 0 Å². The molecule has 2 aromatic rings. The molecule has 28 heavy (non-hydrogen) atoms. The summed E-state index contributed by atoms with van der Waals surface area (Å²) in [6.07, 6.45) is 0. The van der Waals surface area contributed by atoms with Crippen molar-refractivity contribution in [3.05, 3.63) is 65.7 Å². The third kappa shape index (κ3) is 5.73. The van der Waals surface area contributed by atoms with E-state index >= 15 is 0 Å². The van der Waals surface area contributed by atoms with Crippen LogP contribution in [-0.2, 0) is 25.3 Å². The monoisotopic (exact) mass is 423 g/mol. The van der Waals surface area contributed by atoms with Gasteiger partial charge in [0.15, 0.2) is 11.1 Å². The Kier molecular flexibility index (Phi) is 6.86. The number of nitrogens with one attached hydrogen (secondary N) is 1. The lowest BCUT2D eigenvalue weighted by Gasteiger charge is -2.36. The van der Waals surface area contributed by atoms with Crippen LogP contribution < -0.4 is 4.72 Å². The second-order valence-electron chi connectivity index (χ2n) is 8.31. The van der Waals surface area contributed by atoms with E-state index in [0.29, 0.717) is 0 Å². The smallest absolute Gasteiger partial charge is 0.241 e. The summed E-state index contributed by atoms with van der Waals surface area (Å²) in [7, 11) is -3.81. The molecule has 0 fully saturated rings. The van der Waals surface area contributed by atoms with E-state index in [1.807, 2.05) is 58.0 Å². The van der Waals surface area contributed by atoms with Crippen LogP contribution in [0.3, 0.4) is 0 Å². The number of sulfonamides is 1. The quantitative estimate of drug-likeness (QED) is 0.722. The van der Waals surface area contributed by atoms with Gasteiger partial charge in [0.25, 0.3) is 0 Å². The lowest BCUT2D eigenvalue weighted by atomic mass is 9.93. The summed E-state index contributed by atoms with van der Waals surface area (Å²) in [5, 5.41) is 0. The van der Waals surface area contributed by atoms with Gasteiger partial charge in [-0.1, -0.05) is 48.0 Å². The Bertz CT molecular complexity index is 915. The highest BCUT2D eigenvalue weighted by atomic mass is 32.2. The van der Waals surface area contributed by atoms with Crippen LogP contribution in [0.5, 0.6) is 0 Å². The molecule has 154 valence electrons. The van der Waals surface area contributed by atoms with Gasteiger partial charge in [-0.2, -0.15) is 0 Å². The Balaban J connectivity index is 2.43. The molecule has 0 aliphatic rings. The fraction of sp³-hybridized carbons (Fsp3) is 0.429. The molecule has 0 radical (unpaired) electrons. The molecule has 0 aliphatic heterocycles. The lowest BCUT2D eigenvalue weighted by Crippen LogP contribution is -2.46. The van der Waals surface area contributed by atoms with E-state index in [9.17, 15) is 12.6 Å². The molecule has 7 heteroatoms. The first-order valence-corrected chi connectivity index (χ1v) is 11.6. The minimum atomic E-state index is -3.81. The second-order valence-corrected chi connectivity index (χ2v) is 11.9. The minimum Gasteiger partial charge on any atom is -0.282 e. The fourth-order valence-electron chi connectivity index (χ4n) is 2.57. The van der Waals surface area contributed by atoms with Crippen LogP contribution >= 0.6 is 0 Å². The van der Waals surface area contributed by atoms with Crippen molar-refractivity contribution in [1.29, 1.82) is 0 Å². The van der Waals surface area contributed by atoms with Gasteiger partial charge in [-0.25, -0.2) is 17.3 Å². The van der Waals surface area contributed by atoms with Crippen molar-refractivity contribution >= 4 is 21.1 Å². The van der Waals surface area contributed by atoms with E-state index < -0.39 is 37.5 Å². The molecule has 0 spiro atoms. The van der Waals surface area contributed by atoms with E-state index in [1.54, 1.807) is 38.1 Å². The molecular formula is C21H29NO4S2. The molecule has 0 aromatic heterocycles. The van der Waals surface area contributed by atoms with E-state index in [0.717, 1.165) is 11.1 Å². The van der Waals surface area contributed by atoms with Crippen LogP contribution in [-0.4, -0.2) is 23.0 Å². The van der Waals surface area contributed by atoms with Crippen LogP contribution in [0.4, 0.5) is 0 Å². The highest BCUT2D eigenvalue weighted by Crippen LogP contribution is 2.33. The Hall–Kier alpha value is -1.54. The molecule has 2 aromatic carbocycles. The molecule has 2 rings (SSSR count). The van der Waals surface area contributed by atoms with E-state index in [1.165, 1.54) is 0 Å². The molecule has 0 amide bonds. The Labute approximate surface area is 171 Å². The van der Waals surface area contributed by atoms with Crippen molar-refractivity contribution in [2.45, 2.75) is 62.8 Å². The zero-order valence-corrected chi connectivity index (χ0v) is 18.9. The highest BCUT2D eigenvalue weighted by Gasteiger charge is 2.39. The summed E-state index contributed by atoms with van der Waals surface area (Å²) in [6, 6.07) is 15.1. The molecule has 0 saturated carbocycles. The van der Waals surface area contributed by atoms with Gasteiger partial charge in [0.2, 0.25) is 10.0 Å². The van der Waals surface area contributed by atoms with Crippen molar-refractivity contribution in [2.75, 3.05) is 0 Å². The summed E-state index contributed by atoms with van der Waals surface area (Å²) in [6.45, 7) is 10.8. The number of hydrogen-bond acceptors (Lipinski definition) is 4. The summed E-state index contributed by atoms with van der Waals surface area (Å²) >= 11 is -1.61. The highest BCUT2D eigenvalue weighted by molar-refractivity contribution is 7.89. The van der Waals surface area contributed by atoms with Crippen molar-refractivity contribution in [3.8, 4) is 0 Å². The molecule has 0 bridgehead atoms. The minimum absolute atomic E-state index is 0.173. The van der Waals surface area contributed by atoms with Crippen LogP contribution in [0.25, 0.3) is 0 Å². The Morgan fingerprint density at radius 1 is 0.929 bits per heavy atom. The molecule has 1 N–H and O–H groups in total. The standard InChI is InChI=1S/C21H29NO4S2/c1-16-12-14-18(15-13-16)28(24,25)22-19(17-10-8-7-9-11-17)21(5,6)26-27(23)20(2,3)4/h7-15,19,22H,1-6H3/t19-,27+/m1/s1. The number of benzene rings is 2. The third-order valence-electron chi connectivity index (χ3n) is 4.22. The number of rotatable bonds is 7. The molecule has 2 atom stereocenters. The van der Waals surface area contributed by atoms with Gasteiger partial charge in [-0.3, -0.25) is 4.18 Å². The van der Waals surface area contributed by atoms with Gasteiger partial charge in [0.05, 0.1) is 15.7 Å². The maximum Gasteiger partial charge on any atom is 0.241 e. The van der Waals surface area contributed by atoms with Gasteiger partial charge in [0.1, 0.15) is 5.60 Å². The van der Waals surface area contributed by atoms with Crippen LogP contribution in [0.15, 0.2) is 59.5 Å². The second kappa shape index (κ2) is 8.45. The first-order valence-electron chi connectivity index (χ1n) is 9.08. The van der Waals surface area contributed by atoms with Crippen molar-refractivity contribution in [3.63, 3.8) is 0 Å². The predicted octanol–water partition coefficient (Wildman–Crippen LogP) is 4.27. The Morgan fingerprint density at radius 2 is 1.46 bits per heavy atom. The first kappa shape index (κ1) is 22.7. The summed E-state index contributed by atoms with van der Waals surface area (Å²) in [4.78, 5) is 0.173. The Morgan fingerprint density at radius 3 is 1.96 bits per heavy atom.